The maximum absolute atomic E-state index is 12.0. The first-order valence-corrected chi connectivity index (χ1v) is 8.16. The molecule has 0 atom stereocenters. The van der Waals surface area contributed by atoms with Gasteiger partial charge < -0.3 is 19.5 Å². The molecule has 0 bridgehead atoms. The van der Waals surface area contributed by atoms with Crippen molar-refractivity contribution in [2.45, 2.75) is 33.6 Å². The molecule has 1 aromatic rings. The van der Waals surface area contributed by atoms with Gasteiger partial charge >= 0.3 is 12.1 Å². The van der Waals surface area contributed by atoms with Gasteiger partial charge in [0.1, 0.15) is 5.75 Å². The monoisotopic (exact) mass is 329 g/mol. The minimum Gasteiger partial charge on any atom is -0.495 e. The summed E-state index contributed by atoms with van der Waals surface area (Å²) in [6.07, 6.45) is 0.922. The van der Waals surface area contributed by atoms with Gasteiger partial charge in [0.15, 0.2) is 4.88 Å². The normalized spacial score (nSPS) is 10.2. The third-order valence-corrected chi connectivity index (χ3v) is 4.21. The summed E-state index contributed by atoms with van der Waals surface area (Å²) in [5.41, 5.74) is 0.987. The maximum Gasteiger partial charge on any atom is 0.407 e. The second kappa shape index (κ2) is 9.30. The number of hydrogen-bond donors (Lipinski definition) is 1. The zero-order valence-electron chi connectivity index (χ0n) is 13.5. The third-order valence-electron chi connectivity index (χ3n) is 2.96. The molecule has 1 heterocycles. The molecule has 22 heavy (non-hydrogen) atoms. The summed E-state index contributed by atoms with van der Waals surface area (Å²) >= 11 is 1.36. The van der Waals surface area contributed by atoms with E-state index in [9.17, 15) is 9.59 Å². The Morgan fingerprint density at radius 3 is 2.36 bits per heavy atom. The van der Waals surface area contributed by atoms with Gasteiger partial charge in [0, 0.05) is 17.0 Å². The highest BCUT2D eigenvalue weighted by molar-refractivity contribution is 7.14. The van der Waals surface area contributed by atoms with E-state index in [0.29, 0.717) is 36.8 Å². The Hall–Kier alpha value is -1.76. The SMILES string of the molecule is CCOC(=O)NCCc1sc(C(=O)OCC)c(OC)c1CC. The number of carbonyl (C=O) groups is 2. The van der Waals surface area contributed by atoms with Crippen molar-refractivity contribution >= 4 is 23.4 Å². The van der Waals surface area contributed by atoms with E-state index in [2.05, 4.69) is 5.32 Å². The fourth-order valence-electron chi connectivity index (χ4n) is 2.06. The fourth-order valence-corrected chi connectivity index (χ4v) is 3.31. The van der Waals surface area contributed by atoms with E-state index < -0.39 is 6.09 Å². The summed E-state index contributed by atoms with van der Waals surface area (Å²) in [5, 5.41) is 2.67. The maximum atomic E-state index is 12.0. The lowest BCUT2D eigenvalue weighted by Gasteiger charge is -2.06. The first-order chi connectivity index (χ1) is 10.6. The van der Waals surface area contributed by atoms with Gasteiger partial charge in [0.05, 0.1) is 20.3 Å². The summed E-state index contributed by atoms with van der Waals surface area (Å²) in [6.45, 7) is 6.62. The molecule has 0 aromatic carbocycles. The molecule has 124 valence electrons. The smallest absolute Gasteiger partial charge is 0.407 e. The predicted molar refractivity (Wildman–Crippen MR) is 84.9 cm³/mol. The van der Waals surface area contributed by atoms with E-state index >= 15 is 0 Å². The summed E-state index contributed by atoms with van der Waals surface area (Å²) in [4.78, 5) is 24.8. The van der Waals surface area contributed by atoms with Crippen molar-refractivity contribution in [3.8, 4) is 5.75 Å². The van der Waals surface area contributed by atoms with Gasteiger partial charge in [-0.3, -0.25) is 0 Å². The number of nitrogens with one attached hydrogen (secondary N) is 1. The van der Waals surface area contributed by atoms with Gasteiger partial charge in [-0.25, -0.2) is 9.59 Å². The quantitative estimate of drug-likeness (QED) is 0.742. The van der Waals surface area contributed by atoms with Gasteiger partial charge in [-0.15, -0.1) is 11.3 Å². The van der Waals surface area contributed by atoms with E-state index in [1.807, 2.05) is 6.92 Å². The summed E-state index contributed by atoms with van der Waals surface area (Å²) in [5.74, 6) is 0.209. The minimum absolute atomic E-state index is 0.321. The van der Waals surface area contributed by atoms with Crippen LogP contribution in [-0.4, -0.2) is 38.9 Å². The molecule has 0 fully saturated rings. The van der Waals surface area contributed by atoms with Crippen LogP contribution in [0.25, 0.3) is 0 Å². The van der Waals surface area contributed by atoms with Crippen molar-refractivity contribution in [2.24, 2.45) is 0 Å². The van der Waals surface area contributed by atoms with Crippen LogP contribution in [0.1, 0.15) is 40.9 Å². The molecule has 7 heteroatoms. The fraction of sp³-hybridized carbons (Fsp3) is 0.600. The van der Waals surface area contributed by atoms with E-state index in [4.69, 9.17) is 14.2 Å². The van der Waals surface area contributed by atoms with Crippen molar-refractivity contribution in [3.63, 3.8) is 0 Å². The minimum atomic E-state index is -0.435. The standard InChI is InChI=1S/C15H23NO5S/c1-5-10-11(8-9-16-15(18)21-7-3)22-13(12(10)19-4)14(17)20-6-2/h5-9H2,1-4H3,(H,16,18). The molecule has 6 nitrogen and oxygen atoms in total. The van der Waals surface area contributed by atoms with Crippen molar-refractivity contribution in [3.05, 3.63) is 15.3 Å². The van der Waals surface area contributed by atoms with Crippen molar-refractivity contribution in [1.82, 2.24) is 5.32 Å². The molecule has 0 aliphatic rings. The van der Waals surface area contributed by atoms with Crippen LogP contribution in [0, 0.1) is 0 Å². The lowest BCUT2D eigenvalue weighted by atomic mass is 10.1. The lowest BCUT2D eigenvalue weighted by Crippen LogP contribution is -2.26. The number of thiophene rings is 1. The zero-order chi connectivity index (χ0) is 16.5. The molecule has 0 saturated heterocycles. The van der Waals surface area contributed by atoms with Crippen LogP contribution in [0.3, 0.4) is 0 Å². The van der Waals surface area contributed by atoms with Crippen LogP contribution in [-0.2, 0) is 22.3 Å². The second-order valence-electron chi connectivity index (χ2n) is 4.34. The van der Waals surface area contributed by atoms with Gasteiger partial charge in [-0.1, -0.05) is 6.92 Å². The first kappa shape index (κ1) is 18.3. The second-order valence-corrected chi connectivity index (χ2v) is 5.44. The van der Waals surface area contributed by atoms with Crippen LogP contribution in [0.2, 0.25) is 0 Å². The predicted octanol–water partition coefficient (Wildman–Crippen LogP) is 2.78. The van der Waals surface area contributed by atoms with Gasteiger partial charge in [-0.05, 0) is 26.7 Å². The van der Waals surface area contributed by atoms with E-state index in [0.717, 1.165) is 16.9 Å². The highest BCUT2D eigenvalue weighted by atomic mass is 32.1. The topological polar surface area (TPSA) is 73.9 Å². The summed E-state index contributed by atoms with van der Waals surface area (Å²) in [7, 11) is 1.55. The van der Waals surface area contributed by atoms with Crippen LogP contribution < -0.4 is 10.1 Å². The summed E-state index contributed by atoms with van der Waals surface area (Å²) in [6, 6.07) is 0. The third kappa shape index (κ3) is 4.62. The molecule has 0 unspecified atom stereocenters. The van der Waals surface area contributed by atoms with Crippen LogP contribution in [0.5, 0.6) is 5.75 Å². The Balaban J connectivity index is 2.85. The zero-order valence-corrected chi connectivity index (χ0v) is 14.3. The molecule has 0 spiro atoms. The number of alkyl carbamates (subject to hydrolysis) is 1. The average Bonchev–Trinajstić information content (AvgIpc) is 2.85. The molecular weight excluding hydrogens is 306 g/mol. The first-order valence-electron chi connectivity index (χ1n) is 7.35. The lowest BCUT2D eigenvalue weighted by molar-refractivity contribution is 0.0528. The van der Waals surface area contributed by atoms with E-state index in [1.54, 1.807) is 21.0 Å². The highest BCUT2D eigenvalue weighted by Gasteiger charge is 2.23. The molecular formula is C15H23NO5S. The Labute approximate surface area is 134 Å². The van der Waals surface area contributed by atoms with Crippen molar-refractivity contribution < 1.29 is 23.8 Å². The van der Waals surface area contributed by atoms with Gasteiger partial charge in [-0.2, -0.15) is 0 Å². The number of rotatable bonds is 8. The number of carbonyl (C=O) groups excluding carboxylic acids is 2. The molecule has 0 aliphatic heterocycles. The van der Waals surface area contributed by atoms with Crippen molar-refractivity contribution in [1.29, 1.82) is 0 Å². The average molecular weight is 329 g/mol. The molecule has 1 rings (SSSR count). The van der Waals surface area contributed by atoms with Crippen LogP contribution >= 0.6 is 11.3 Å². The Morgan fingerprint density at radius 2 is 1.82 bits per heavy atom. The van der Waals surface area contributed by atoms with Gasteiger partial charge in [0.25, 0.3) is 0 Å². The van der Waals surface area contributed by atoms with Gasteiger partial charge in [0.2, 0.25) is 0 Å². The number of methoxy groups -OCH3 is 1. The molecule has 1 amide bonds. The molecule has 0 saturated carbocycles. The van der Waals surface area contributed by atoms with Crippen LogP contribution in [0.4, 0.5) is 4.79 Å². The molecule has 0 radical (unpaired) electrons. The molecule has 0 aliphatic carbocycles. The largest absolute Gasteiger partial charge is 0.495 e. The van der Waals surface area contributed by atoms with Crippen molar-refractivity contribution in [2.75, 3.05) is 26.9 Å². The molecule has 1 aromatic heterocycles. The Morgan fingerprint density at radius 1 is 1.14 bits per heavy atom. The highest BCUT2D eigenvalue weighted by Crippen LogP contribution is 2.36. The Kier molecular flexibility index (Phi) is 7.73. The van der Waals surface area contributed by atoms with Crippen LogP contribution in [0.15, 0.2) is 0 Å². The number of ether oxygens (including phenoxy) is 3. The number of hydrogen-bond acceptors (Lipinski definition) is 6. The number of amides is 1. The summed E-state index contributed by atoms with van der Waals surface area (Å²) < 4.78 is 15.2. The number of esters is 1. The molecule has 1 N–H and O–H groups in total. The van der Waals surface area contributed by atoms with E-state index in [1.165, 1.54) is 11.3 Å². The Bertz CT molecular complexity index is 512. The van der Waals surface area contributed by atoms with E-state index in [-0.39, 0.29) is 5.97 Å².